The van der Waals surface area contributed by atoms with Gasteiger partial charge in [-0.15, -0.1) is 5.10 Å². The van der Waals surface area contributed by atoms with Gasteiger partial charge >= 0.3 is 0 Å². The third-order valence-corrected chi connectivity index (χ3v) is 5.22. The van der Waals surface area contributed by atoms with Gasteiger partial charge in [-0.25, -0.2) is 4.98 Å². The predicted molar refractivity (Wildman–Crippen MR) is 102 cm³/mol. The normalized spacial score (nSPS) is 10.9. The molecule has 2 aromatic heterocycles. The minimum atomic E-state index is 0.0821. The van der Waals surface area contributed by atoms with Crippen molar-refractivity contribution in [2.75, 3.05) is 5.75 Å². The second kappa shape index (κ2) is 7.78. The molecule has 0 aliphatic carbocycles. The first-order chi connectivity index (χ1) is 12.5. The molecule has 0 aliphatic heterocycles. The molecule has 0 spiro atoms. The first-order valence-corrected chi connectivity index (χ1v) is 9.33. The summed E-state index contributed by atoms with van der Waals surface area (Å²) >= 11 is 1.33. The van der Waals surface area contributed by atoms with Gasteiger partial charge < -0.3 is 9.30 Å². The highest BCUT2D eigenvalue weighted by atomic mass is 32.2. The van der Waals surface area contributed by atoms with Crippen LogP contribution in [0, 0.1) is 20.8 Å². The van der Waals surface area contributed by atoms with E-state index in [1.807, 2.05) is 62.7 Å². The molecule has 26 heavy (non-hydrogen) atoms. The Balaban J connectivity index is 1.56. The van der Waals surface area contributed by atoms with E-state index >= 15 is 0 Å². The highest BCUT2D eigenvalue weighted by Crippen LogP contribution is 2.20. The highest BCUT2D eigenvalue weighted by molar-refractivity contribution is 7.99. The van der Waals surface area contributed by atoms with Crippen molar-refractivity contribution in [3.63, 3.8) is 0 Å². The second-order valence-corrected chi connectivity index (χ2v) is 7.12. The Hall–Kier alpha value is -2.54. The molecular weight excluding hydrogens is 348 g/mol. The van der Waals surface area contributed by atoms with E-state index in [0.29, 0.717) is 23.3 Å². The fourth-order valence-corrected chi connectivity index (χ4v) is 3.32. The fourth-order valence-electron chi connectivity index (χ4n) is 2.62. The highest BCUT2D eigenvalue weighted by Gasteiger charge is 2.15. The van der Waals surface area contributed by atoms with E-state index in [9.17, 15) is 4.79 Å². The van der Waals surface area contributed by atoms with Crippen LogP contribution in [-0.4, -0.2) is 31.3 Å². The monoisotopic (exact) mass is 370 g/mol. The van der Waals surface area contributed by atoms with Crippen LogP contribution in [0.2, 0.25) is 0 Å². The first-order valence-electron chi connectivity index (χ1n) is 8.34. The molecule has 2 heterocycles. The fraction of sp³-hybridized carbons (Fsp3) is 0.316. The molecule has 3 rings (SSSR count). The molecule has 0 atom stereocenters. The number of aromatic amines is 1. The van der Waals surface area contributed by atoms with Gasteiger partial charge in [-0.3, -0.25) is 9.89 Å². The number of aryl methyl sites for hydroxylation is 2. The number of hydrogen-bond acceptors (Lipinski definition) is 5. The van der Waals surface area contributed by atoms with Gasteiger partial charge in [-0.1, -0.05) is 30.0 Å². The van der Waals surface area contributed by atoms with Gasteiger partial charge in [0, 0.05) is 24.0 Å². The maximum Gasteiger partial charge on any atom is 0.208 e. The number of benzene rings is 1. The van der Waals surface area contributed by atoms with Crippen LogP contribution < -0.4 is 4.74 Å². The number of aromatic nitrogens is 4. The van der Waals surface area contributed by atoms with Crippen LogP contribution in [0.5, 0.6) is 5.75 Å². The second-order valence-electron chi connectivity index (χ2n) is 6.17. The number of H-pyrrole nitrogens is 1. The van der Waals surface area contributed by atoms with E-state index in [0.717, 1.165) is 28.3 Å². The van der Waals surface area contributed by atoms with Crippen LogP contribution in [0.4, 0.5) is 0 Å². The Morgan fingerprint density at radius 1 is 1.27 bits per heavy atom. The van der Waals surface area contributed by atoms with Crippen LogP contribution in [0.3, 0.4) is 0 Å². The van der Waals surface area contributed by atoms with Gasteiger partial charge in [0.05, 0.1) is 5.75 Å². The number of rotatable bonds is 7. The molecule has 1 N–H and O–H groups in total. The Bertz CT molecular complexity index is 930. The summed E-state index contributed by atoms with van der Waals surface area (Å²) in [7, 11) is 1.96. The number of carbonyl (C=O) groups excluding carboxylic acids is 1. The summed E-state index contributed by atoms with van der Waals surface area (Å²) in [5.41, 5.74) is 3.89. The Labute approximate surface area is 157 Å². The number of thioether (sulfide) groups is 1. The number of Topliss-reactive ketones (excluding diaryl/α,β-unsaturated/α-hetero) is 1. The Morgan fingerprint density at radius 2 is 2.04 bits per heavy atom. The zero-order valence-corrected chi connectivity index (χ0v) is 16.2. The molecule has 0 amide bonds. The van der Waals surface area contributed by atoms with E-state index < -0.39 is 0 Å². The number of nitrogens with zero attached hydrogens (tertiary/aromatic N) is 3. The van der Waals surface area contributed by atoms with Gasteiger partial charge in [0.15, 0.2) is 11.6 Å². The molecule has 136 valence electrons. The minimum Gasteiger partial charge on any atom is -0.485 e. The van der Waals surface area contributed by atoms with Crippen LogP contribution in [0.25, 0.3) is 0 Å². The average molecular weight is 370 g/mol. The molecular formula is C19H22N4O2S. The van der Waals surface area contributed by atoms with Crippen molar-refractivity contribution in [1.82, 2.24) is 19.7 Å². The van der Waals surface area contributed by atoms with Crippen LogP contribution in [-0.2, 0) is 13.7 Å². The number of ether oxygens (including phenoxy) is 1. The van der Waals surface area contributed by atoms with E-state index in [1.165, 1.54) is 11.8 Å². The lowest BCUT2D eigenvalue weighted by molar-refractivity contribution is 0.102. The number of hydrogen-bond donors (Lipinski definition) is 1. The van der Waals surface area contributed by atoms with E-state index in [4.69, 9.17) is 4.74 Å². The van der Waals surface area contributed by atoms with Crippen molar-refractivity contribution in [1.29, 1.82) is 0 Å². The third kappa shape index (κ3) is 3.99. The van der Waals surface area contributed by atoms with Gasteiger partial charge in [0.2, 0.25) is 5.16 Å². The lowest BCUT2D eigenvalue weighted by atomic mass is 10.2. The van der Waals surface area contributed by atoms with E-state index in [-0.39, 0.29) is 5.78 Å². The molecule has 7 heteroatoms. The molecule has 6 nitrogen and oxygen atoms in total. The van der Waals surface area contributed by atoms with Crippen molar-refractivity contribution in [3.8, 4) is 5.75 Å². The molecule has 0 radical (unpaired) electrons. The number of carbonyl (C=O) groups is 1. The standard InChI is InChI=1S/C19H22N4O2S/c1-12-7-5-6-8-17(12)25-10-18-20-19(22-21-18)26-11-16(24)15-9-13(2)23(4)14(15)3/h5-9H,10-11H2,1-4H3,(H,20,21,22). The van der Waals surface area contributed by atoms with Gasteiger partial charge in [0.1, 0.15) is 12.4 Å². The summed E-state index contributed by atoms with van der Waals surface area (Å²) in [5.74, 6) is 1.84. The largest absolute Gasteiger partial charge is 0.485 e. The van der Waals surface area contributed by atoms with Crippen molar-refractivity contribution in [2.45, 2.75) is 32.5 Å². The maximum atomic E-state index is 12.4. The lowest BCUT2D eigenvalue weighted by Crippen LogP contribution is -2.04. The lowest BCUT2D eigenvalue weighted by Gasteiger charge is -2.06. The van der Waals surface area contributed by atoms with E-state index in [1.54, 1.807) is 0 Å². The Kier molecular flexibility index (Phi) is 5.46. The van der Waals surface area contributed by atoms with Crippen LogP contribution in [0.1, 0.15) is 33.1 Å². The summed E-state index contributed by atoms with van der Waals surface area (Å²) in [4.78, 5) is 16.8. The molecule has 0 saturated heterocycles. The number of para-hydroxylation sites is 1. The van der Waals surface area contributed by atoms with Crippen molar-refractivity contribution in [2.24, 2.45) is 7.05 Å². The van der Waals surface area contributed by atoms with Crippen LogP contribution >= 0.6 is 11.8 Å². The van der Waals surface area contributed by atoms with Crippen LogP contribution in [0.15, 0.2) is 35.5 Å². The third-order valence-electron chi connectivity index (χ3n) is 4.38. The summed E-state index contributed by atoms with van der Waals surface area (Å²) in [6, 6.07) is 9.75. The summed E-state index contributed by atoms with van der Waals surface area (Å²) in [5, 5.41) is 7.56. The van der Waals surface area contributed by atoms with E-state index in [2.05, 4.69) is 15.2 Å². The molecule has 0 saturated carbocycles. The minimum absolute atomic E-state index is 0.0821. The quantitative estimate of drug-likeness (QED) is 0.508. The number of nitrogens with one attached hydrogen (secondary N) is 1. The van der Waals surface area contributed by atoms with Gasteiger partial charge in [0.25, 0.3) is 0 Å². The van der Waals surface area contributed by atoms with Gasteiger partial charge in [-0.05, 0) is 38.5 Å². The molecule has 0 bridgehead atoms. The maximum absolute atomic E-state index is 12.4. The number of ketones is 1. The SMILES string of the molecule is Cc1ccccc1OCc1nc(SCC(=O)c2cc(C)n(C)c2C)n[nH]1. The zero-order chi connectivity index (χ0) is 18.7. The zero-order valence-electron chi connectivity index (χ0n) is 15.4. The molecule has 3 aromatic rings. The average Bonchev–Trinajstić information content (AvgIpc) is 3.19. The van der Waals surface area contributed by atoms with Crippen molar-refractivity contribution >= 4 is 17.5 Å². The smallest absolute Gasteiger partial charge is 0.208 e. The molecule has 0 aliphatic rings. The van der Waals surface area contributed by atoms with Gasteiger partial charge in [-0.2, -0.15) is 0 Å². The molecule has 0 fully saturated rings. The Morgan fingerprint density at radius 3 is 2.73 bits per heavy atom. The summed E-state index contributed by atoms with van der Waals surface area (Å²) in [6.45, 7) is 6.25. The van der Waals surface area contributed by atoms with Crippen molar-refractivity contribution in [3.05, 3.63) is 58.7 Å². The summed E-state index contributed by atoms with van der Waals surface area (Å²) in [6.07, 6.45) is 0. The topological polar surface area (TPSA) is 72.8 Å². The molecule has 0 unspecified atom stereocenters. The molecule has 1 aromatic carbocycles. The first kappa shape index (κ1) is 18.3. The summed E-state index contributed by atoms with van der Waals surface area (Å²) < 4.78 is 7.77. The predicted octanol–water partition coefficient (Wildman–Crippen LogP) is 3.62. The van der Waals surface area contributed by atoms with Crippen molar-refractivity contribution < 1.29 is 9.53 Å².